The Labute approximate surface area is 144 Å². The number of hydrogen-bond donors (Lipinski definition) is 1. The number of nitro groups is 1. The number of aryl methyl sites for hydroxylation is 1. The van der Waals surface area contributed by atoms with Crippen LogP contribution in [0.5, 0.6) is 5.75 Å². The van der Waals surface area contributed by atoms with Crippen LogP contribution in [0.25, 0.3) is 0 Å². The van der Waals surface area contributed by atoms with E-state index >= 15 is 0 Å². The molecule has 2 rings (SSSR count). The van der Waals surface area contributed by atoms with Gasteiger partial charge in [0, 0.05) is 17.7 Å². The van der Waals surface area contributed by atoms with E-state index in [2.05, 4.69) is 10.1 Å². The molecule has 6 nitrogen and oxygen atoms in total. The maximum absolute atomic E-state index is 12.5. The van der Waals surface area contributed by atoms with Crippen LogP contribution in [0.2, 0.25) is 5.02 Å². The molecule has 132 valence electrons. The van der Waals surface area contributed by atoms with Gasteiger partial charge >= 0.3 is 6.36 Å². The first kappa shape index (κ1) is 18.5. The van der Waals surface area contributed by atoms with E-state index in [0.29, 0.717) is 5.56 Å². The van der Waals surface area contributed by atoms with Crippen molar-refractivity contribution in [2.75, 3.05) is 5.32 Å². The number of carbonyl (C=O) groups excluding carboxylic acids is 1. The summed E-state index contributed by atoms with van der Waals surface area (Å²) in [7, 11) is 0. The SMILES string of the molecule is Cc1cc(Cl)c(NC(=O)c2cccc([N+](=O)[O-])c2)c(OC(F)(F)F)c1. The Morgan fingerprint density at radius 1 is 1.28 bits per heavy atom. The van der Waals surface area contributed by atoms with E-state index in [-0.39, 0.29) is 22.0 Å². The van der Waals surface area contributed by atoms with Gasteiger partial charge in [0.05, 0.1) is 9.95 Å². The predicted octanol–water partition coefficient (Wildman–Crippen LogP) is 4.71. The van der Waals surface area contributed by atoms with Crippen LogP contribution in [0, 0.1) is 17.0 Å². The number of ether oxygens (including phenoxy) is 1. The van der Waals surface area contributed by atoms with Crippen LogP contribution < -0.4 is 10.1 Å². The van der Waals surface area contributed by atoms with Crippen molar-refractivity contribution in [3.8, 4) is 5.75 Å². The molecule has 0 unspecified atom stereocenters. The average Bonchev–Trinajstić information content (AvgIpc) is 2.49. The van der Waals surface area contributed by atoms with Crippen molar-refractivity contribution in [1.29, 1.82) is 0 Å². The lowest BCUT2D eigenvalue weighted by molar-refractivity contribution is -0.384. The fourth-order valence-electron chi connectivity index (χ4n) is 1.98. The second kappa shape index (κ2) is 6.98. The molecule has 0 saturated heterocycles. The molecule has 0 aliphatic carbocycles. The highest BCUT2D eigenvalue weighted by Crippen LogP contribution is 2.37. The summed E-state index contributed by atoms with van der Waals surface area (Å²) in [5.74, 6) is -1.56. The van der Waals surface area contributed by atoms with E-state index in [1.807, 2.05) is 0 Å². The van der Waals surface area contributed by atoms with Gasteiger partial charge in [0.15, 0.2) is 5.75 Å². The summed E-state index contributed by atoms with van der Waals surface area (Å²) in [5.41, 5.74) is -0.461. The largest absolute Gasteiger partial charge is 0.573 e. The minimum Gasteiger partial charge on any atom is -0.403 e. The smallest absolute Gasteiger partial charge is 0.403 e. The van der Waals surface area contributed by atoms with Crippen LogP contribution in [0.3, 0.4) is 0 Å². The molecule has 10 heteroatoms. The second-order valence-corrected chi connectivity index (χ2v) is 5.34. The molecule has 0 atom stereocenters. The van der Waals surface area contributed by atoms with Crippen molar-refractivity contribution in [3.05, 3.63) is 62.7 Å². The van der Waals surface area contributed by atoms with E-state index in [0.717, 1.165) is 12.1 Å². The van der Waals surface area contributed by atoms with E-state index in [4.69, 9.17) is 11.6 Å². The van der Waals surface area contributed by atoms with Gasteiger partial charge in [-0.25, -0.2) is 0 Å². The molecule has 0 bridgehead atoms. The number of alkyl halides is 3. The van der Waals surface area contributed by atoms with Crippen LogP contribution in [0.4, 0.5) is 24.5 Å². The van der Waals surface area contributed by atoms with Gasteiger partial charge in [-0.2, -0.15) is 0 Å². The first-order chi connectivity index (χ1) is 11.6. The third-order valence-corrected chi connectivity index (χ3v) is 3.28. The van der Waals surface area contributed by atoms with Crippen LogP contribution in [0.15, 0.2) is 36.4 Å². The zero-order chi connectivity index (χ0) is 18.8. The minimum absolute atomic E-state index is 0.121. The number of halogens is 4. The van der Waals surface area contributed by atoms with Gasteiger partial charge in [0.25, 0.3) is 11.6 Å². The van der Waals surface area contributed by atoms with Gasteiger partial charge in [-0.15, -0.1) is 13.2 Å². The summed E-state index contributed by atoms with van der Waals surface area (Å²) in [4.78, 5) is 22.3. The number of carbonyl (C=O) groups is 1. The Kier molecular flexibility index (Phi) is 5.17. The van der Waals surface area contributed by atoms with Crippen molar-refractivity contribution in [2.45, 2.75) is 13.3 Å². The lowest BCUT2D eigenvalue weighted by Gasteiger charge is -2.16. The second-order valence-electron chi connectivity index (χ2n) is 4.93. The number of hydrogen-bond acceptors (Lipinski definition) is 4. The van der Waals surface area contributed by atoms with Crippen LogP contribution in [0.1, 0.15) is 15.9 Å². The molecule has 0 saturated carbocycles. The standard InChI is InChI=1S/C15H10ClF3N2O4/c1-8-5-11(16)13(12(6-8)25-15(17,18)19)20-14(22)9-3-2-4-10(7-9)21(23)24/h2-7H,1H3,(H,20,22). The molecule has 0 spiro atoms. The summed E-state index contributed by atoms with van der Waals surface area (Å²) in [5, 5.41) is 12.8. The Bertz CT molecular complexity index is 840. The number of non-ortho nitro benzene ring substituents is 1. The van der Waals surface area contributed by atoms with Gasteiger partial charge in [0.1, 0.15) is 5.69 Å². The Morgan fingerprint density at radius 3 is 2.56 bits per heavy atom. The predicted molar refractivity (Wildman–Crippen MR) is 83.9 cm³/mol. The highest BCUT2D eigenvalue weighted by atomic mass is 35.5. The maximum Gasteiger partial charge on any atom is 0.573 e. The highest BCUT2D eigenvalue weighted by Gasteiger charge is 2.33. The number of anilines is 1. The Hall–Kier alpha value is -2.81. The first-order valence-electron chi connectivity index (χ1n) is 6.68. The van der Waals surface area contributed by atoms with Crippen molar-refractivity contribution < 1.29 is 27.6 Å². The zero-order valence-corrected chi connectivity index (χ0v) is 13.3. The number of nitro benzene ring substituents is 1. The lowest BCUT2D eigenvalue weighted by atomic mass is 10.1. The summed E-state index contributed by atoms with van der Waals surface area (Å²) in [6.45, 7) is 1.50. The molecular formula is C15H10ClF3N2O4. The molecule has 0 fully saturated rings. The van der Waals surface area contributed by atoms with Crippen molar-refractivity contribution in [1.82, 2.24) is 0 Å². The van der Waals surface area contributed by atoms with Crippen LogP contribution in [-0.4, -0.2) is 17.2 Å². The molecule has 0 heterocycles. The van der Waals surface area contributed by atoms with Gasteiger partial charge in [-0.3, -0.25) is 14.9 Å². The van der Waals surface area contributed by atoms with Gasteiger partial charge in [-0.05, 0) is 30.7 Å². The molecule has 1 N–H and O–H groups in total. The fraction of sp³-hybridized carbons (Fsp3) is 0.133. The molecule has 0 aromatic heterocycles. The van der Waals surface area contributed by atoms with Gasteiger partial charge < -0.3 is 10.1 Å². The topological polar surface area (TPSA) is 81.5 Å². The molecule has 0 aliphatic heterocycles. The van der Waals surface area contributed by atoms with Crippen LogP contribution >= 0.6 is 11.6 Å². The maximum atomic E-state index is 12.5. The Balaban J connectivity index is 2.37. The monoisotopic (exact) mass is 374 g/mol. The normalized spacial score (nSPS) is 11.1. The number of benzene rings is 2. The molecule has 0 aliphatic rings. The molecule has 0 radical (unpaired) electrons. The van der Waals surface area contributed by atoms with Crippen molar-refractivity contribution in [3.63, 3.8) is 0 Å². The summed E-state index contributed by atoms with van der Waals surface area (Å²) in [6.07, 6.45) is -4.98. The van der Waals surface area contributed by atoms with E-state index in [9.17, 15) is 28.1 Å². The average molecular weight is 375 g/mol. The van der Waals surface area contributed by atoms with Gasteiger partial charge in [0.2, 0.25) is 0 Å². The molecule has 25 heavy (non-hydrogen) atoms. The lowest BCUT2D eigenvalue weighted by Crippen LogP contribution is -2.20. The summed E-state index contributed by atoms with van der Waals surface area (Å²) < 4.78 is 41.5. The Morgan fingerprint density at radius 2 is 1.96 bits per heavy atom. The first-order valence-corrected chi connectivity index (χ1v) is 7.06. The zero-order valence-electron chi connectivity index (χ0n) is 12.6. The number of amides is 1. The summed E-state index contributed by atoms with van der Waals surface area (Å²) >= 11 is 5.91. The van der Waals surface area contributed by atoms with E-state index in [1.165, 1.54) is 31.2 Å². The molecule has 2 aromatic carbocycles. The number of rotatable bonds is 4. The van der Waals surface area contributed by atoms with E-state index < -0.39 is 22.9 Å². The fourth-order valence-corrected chi connectivity index (χ4v) is 2.30. The molecule has 2 aromatic rings. The van der Waals surface area contributed by atoms with Crippen LogP contribution in [-0.2, 0) is 0 Å². The van der Waals surface area contributed by atoms with Gasteiger partial charge in [-0.1, -0.05) is 17.7 Å². The third-order valence-electron chi connectivity index (χ3n) is 2.98. The summed E-state index contributed by atoms with van der Waals surface area (Å²) in [6, 6.07) is 7.11. The van der Waals surface area contributed by atoms with Crippen molar-refractivity contribution >= 4 is 28.9 Å². The quantitative estimate of drug-likeness (QED) is 0.620. The van der Waals surface area contributed by atoms with Crippen molar-refractivity contribution in [2.24, 2.45) is 0 Å². The molecule has 1 amide bonds. The highest BCUT2D eigenvalue weighted by molar-refractivity contribution is 6.34. The van der Waals surface area contributed by atoms with E-state index in [1.54, 1.807) is 0 Å². The number of nitrogens with one attached hydrogen (secondary N) is 1. The minimum atomic E-state index is -4.98. The number of nitrogens with zero attached hydrogens (tertiary/aromatic N) is 1. The molecular weight excluding hydrogens is 365 g/mol. The third kappa shape index (κ3) is 4.83.